The Morgan fingerprint density at radius 1 is 1.45 bits per heavy atom. The smallest absolute Gasteiger partial charge is 0.224 e. The Morgan fingerprint density at radius 2 is 2.25 bits per heavy atom. The fourth-order valence-corrected chi connectivity index (χ4v) is 3.90. The van der Waals surface area contributed by atoms with Crippen molar-refractivity contribution in [2.24, 2.45) is 0 Å². The third kappa shape index (κ3) is 2.16. The van der Waals surface area contributed by atoms with Crippen molar-refractivity contribution in [1.29, 1.82) is 0 Å². The van der Waals surface area contributed by atoms with Crippen molar-refractivity contribution < 1.29 is 9.53 Å². The highest BCUT2D eigenvalue weighted by molar-refractivity contribution is 7.14. The zero-order valence-corrected chi connectivity index (χ0v) is 12.6. The second-order valence-electron chi connectivity index (χ2n) is 4.97. The molecular weight excluding hydrogens is 272 g/mol. The lowest BCUT2D eigenvalue weighted by atomic mass is 9.99. The minimum atomic E-state index is 0.0283. The lowest BCUT2D eigenvalue weighted by Gasteiger charge is -2.08. The quantitative estimate of drug-likeness (QED) is 0.813. The molecule has 4 nitrogen and oxygen atoms in total. The van der Waals surface area contributed by atoms with E-state index in [-0.39, 0.29) is 5.78 Å². The number of fused-ring (bicyclic) bond motifs is 1. The standard InChI is InChI=1S/C15H18N2O2S/c1-3-17-14(11(19-2)9-16-17)15(18)13-8-10-6-4-5-7-12(10)20-13/h8-9H,3-7H2,1-2H3. The molecule has 20 heavy (non-hydrogen) atoms. The van der Waals surface area contributed by atoms with Gasteiger partial charge in [-0.05, 0) is 44.2 Å². The number of hydrogen-bond acceptors (Lipinski definition) is 4. The van der Waals surface area contributed by atoms with Crippen LogP contribution in [-0.4, -0.2) is 22.7 Å². The molecule has 0 fully saturated rings. The van der Waals surface area contributed by atoms with E-state index in [9.17, 15) is 4.79 Å². The number of methoxy groups -OCH3 is 1. The topological polar surface area (TPSA) is 44.1 Å². The van der Waals surface area contributed by atoms with Crippen LogP contribution in [0, 0.1) is 0 Å². The van der Waals surface area contributed by atoms with E-state index >= 15 is 0 Å². The number of nitrogens with zero attached hydrogens (tertiary/aromatic N) is 2. The maximum Gasteiger partial charge on any atom is 0.224 e. The largest absolute Gasteiger partial charge is 0.493 e. The van der Waals surface area contributed by atoms with Crippen molar-refractivity contribution in [1.82, 2.24) is 9.78 Å². The molecule has 1 aliphatic rings. The molecule has 0 unspecified atom stereocenters. The molecule has 0 bridgehead atoms. The summed E-state index contributed by atoms with van der Waals surface area (Å²) < 4.78 is 6.98. The van der Waals surface area contributed by atoms with E-state index in [2.05, 4.69) is 11.2 Å². The molecule has 0 radical (unpaired) electrons. The van der Waals surface area contributed by atoms with Gasteiger partial charge in [0.25, 0.3) is 0 Å². The fraction of sp³-hybridized carbons (Fsp3) is 0.467. The zero-order chi connectivity index (χ0) is 14.1. The van der Waals surface area contributed by atoms with Gasteiger partial charge in [0.1, 0.15) is 0 Å². The second-order valence-corrected chi connectivity index (χ2v) is 6.11. The van der Waals surface area contributed by atoms with Crippen LogP contribution < -0.4 is 4.74 Å². The van der Waals surface area contributed by atoms with Crippen LogP contribution in [0.4, 0.5) is 0 Å². The van der Waals surface area contributed by atoms with Crippen molar-refractivity contribution >= 4 is 17.1 Å². The Balaban J connectivity index is 2.00. The molecular formula is C15H18N2O2S. The van der Waals surface area contributed by atoms with E-state index in [1.54, 1.807) is 29.3 Å². The molecule has 0 aliphatic heterocycles. The van der Waals surface area contributed by atoms with Crippen LogP contribution in [0.5, 0.6) is 5.75 Å². The second kappa shape index (κ2) is 5.40. The average Bonchev–Trinajstić information content (AvgIpc) is 3.09. The van der Waals surface area contributed by atoms with E-state index in [1.165, 1.54) is 23.3 Å². The van der Waals surface area contributed by atoms with Crippen LogP contribution in [0.1, 0.15) is 45.6 Å². The van der Waals surface area contributed by atoms with E-state index < -0.39 is 0 Å². The summed E-state index contributed by atoms with van der Waals surface area (Å²) in [6.45, 7) is 2.64. The van der Waals surface area contributed by atoms with Crippen molar-refractivity contribution in [3.05, 3.63) is 33.3 Å². The van der Waals surface area contributed by atoms with Gasteiger partial charge in [0.2, 0.25) is 5.78 Å². The van der Waals surface area contributed by atoms with Crippen LogP contribution in [0.25, 0.3) is 0 Å². The van der Waals surface area contributed by atoms with E-state index in [1.807, 2.05) is 6.92 Å². The molecule has 106 valence electrons. The summed E-state index contributed by atoms with van der Waals surface area (Å²) in [5.41, 5.74) is 1.92. The van der Waals surface area contributed by atoms with Gasteiger partial charge < -0.3 is 4.74 Å². The Morgan fingerprint density at radius 3 is 2.95 bits per heavy atom. The van der Waals surface area contributed by atoms with Crippen LogP contribution in [-0.2, 0) is 19.4 Å². The number of aryl methyl sites for hydroxylation is 3. The highest BCUT2D eigenvalue weighted by atomic mass is 32.1. The molecule has 2 aromatic rings. The molecule has 2 heterocycles. The van der Waals surface area contributed by atoms with Gasteiger partial charge in [-0.3, -0.25) is 9.48 Å². The normalized spacial score (nSPS) is 14.1. The Hall–Kier alpha value is -1.62. The Bertz CT molecular complexity index is 597. The average molecular weight is 290 g/mol. The first-order chi connectivity index (χ1) is 9.74. The molecule has 0 saturated carbocycles. The Kier molecular flexibility index (Phi) is 3.61. The third-order valence-electron chi connectivity index (χ3n) is 3.76. The summed E-state index contributed by atoms with van der Waals surface area (Å²) in [7, 11) is 1.58. The number of carbonyl (C=O) groups excluding carboxylic acids is 1. The molecule has 3 rings (SSSR count). The molecule has 1 aliphatic carbocycles. The number of carbonyl (C=O) groups is 1. The van der Waals surface area contributed by atoms with Crippen molar-refractivity contribution in [2.75, 3.05) is 7.11 Å². The predicted octanol–water partition coefficient (Wildman–Crippen LogP) is 3.08. The van der Waals surface area contributed by atoms with Crippen molar-refractivity contribution in [3.8, 4) is 5.75 Å². The summed E-state index contributed by atoms with van der Waals surface area (Å²) in [6, 6.07) is 2.06. The van der Waals surface area contributed by atoms with Gasteiger partial charge in [-0.15, -0.1) is 11.3 Å². The summed E-state index contributed by atoms with van der Waals surface area (Å²) in [6.07, 6.45) is 6.29. The lowest BCUT2D eigenvalue weighted by Crippen LogP contribution is -2.10. The van der Waals surface area contributed by atoms with Crippen molar-refractivity contribution in [3.63, 3.8) is 0 Å². The van der Waals surface area contributed by atoms with E-state index in [0.717, 1.165) is 17.7 Å². The van der Waals surface area contributed by atoms with E-state index in [4.69, 9.17) is 4.74 Å². The maximum atomic E-state index is 12.8. The number of aromatic nitrogens is 2. The van der Waals surface area contributed by atoms with Gasteiger partial charge in [0.15, 0.2) is 11.4 Å². The van der Waals surface area contributed by atoms with Crippen LogP contribution >= 0.6 is 11.3 Å². The highest BCUT2D eigenvalue weighted by Gasteiger charge is 2.24. The first-order valence-electron chi connectivity index (χ1n) is 7.00. The van der Waals surface area contributed by atoms with Gasteiger partial charge in [-0.1, -0.05) is 0 Å². The van der Waals surface area contributed by atoms with Crippen LogP contribution in [0.3, 0.4) is 0 Å². The van der Waals surface area contributed by atoms with Crippen molar-refractivity contribution in [2.45, 2.75) is 39.2 Å². The van der Waals surface area contributed by atoms with Gasteiger partial charge in [-0.2, -0.15) is 5.10 Å². The first kappa shape index (κ1) is 13.4. The maximum absolute atomic E-state index is 12.8. The number of ether oxygens (including phenoxy) is 1. The minimum absolute atomic E-state index is 0.0283. The monoisotopic (exact) mass is 290 g/mol. The van der Waals surface area contributed by atoms with Gasteiger partial charge in [0.05, 0.1) is 18.2 Å². The SMILES string of the molecule is CCn1ncc(OC)c1C(=O)c1cc2c(s1)CCCC2. The molecule has 5 heteroatoms. The van der Waals surface area contributed by atoms with Crippen LogP contribution in [0.15, 0.2) is 12.3 Å². The van der Waals surface area contributed by atoms with Crippen LogP contribution in [0.2, 0.25) is 0 Å². The molecule has 0 N–H and O–H groups in total. The first-order valence-corrected chi connectivity index (χ1v) is 7.82. The molecule has 0 atom stereocenters. The molecule has 2 aromatic heterocycles. The number of hydrogen-bond donors (Lipinski definition) is 0. The Labute approximate surface area is 122 Å². The van der Waals surface area contributed by atoms with Gasteiger partial charge >= 0.3 is 0 Å². The zero-order valence-electron chi connectivity index (χ0n) is 11.8. The number of rotatable bonds is 4. The third-order valence-corrected chi connectivity index (χ3v) is 5.00. The fourth-order valence-electron chi connectivity index (χ4n) is 2.71. The summed E-state index contributed by atoms with van der Waals surface area (Å²) in [5, 5.41) is 4.21. The molecule has 0 amide bonds. The number of ketones is 1. The molecule has 0 aromatic carbocycles. The summed E-state index contributed by atoms with van der Waals surface area (Å²) >= 11 is 1.63. The van der Waals surface area contributed by atoms with Gasteiger partial charge in [-0.25, -0.2) is 0 Å². The lowest BCUT2D eigenvalue weighted by molar-refractivity contribution is 0.102. The van der Waals surface area contributed by atoms with Gasteiger partial charge in [0, 0.05) is 11.4 Å². The van der Waals surface area contributed by atoms with E-state index in [0.29, 0.717) is 18.0 Å². The minimum Gasteiger partial charge on any atom is -0.493 e. The summed E-state index contributed by atoms with van der Waals surface area (Å²) in [5.74, 6) is 0.587. The number of thiophene rings is 1. The summed E-state index contributed by atoms with van der Waals surface area (Å²) in [4.78, 5) is 14.9. The highest BCUT2D eigenvalue weighted by Crippen LogP contribution is 2.32. The molecule has 0 spiro atoms. The molecule has 0 saturated heterocycles. The predicted molar refractivity (Wildman–Crippen MR) is 78.8 cm³/mol.